The molecule has 0 saturated carbocycles. The van der Waals surface area contributed by atoms with E-state index in [9.17, 15) is 9.59 Å². The zero-order valence-electron chi connectivity index (χ0n) is 12.2. The highest BCUT2D eigenvalue weighted by Gasteiger charge is 2.40. The number of carbonyl (C=O) groups is 2. The molecule has 0 aromatic heterocycles. The van der Waals surface area contributed by atoms with Crippen LogP contribution in [0, 0.1) is 0 Å². The van der Waals surface area contributed by atoms with Crippen molar-refractivity contribution in [3.05, 3.63) is 33.8 Å². The molecule has 4 nitrogen and oxygen atoms in total. The fourth-order valence-electron chi connectivity index (χ4n) is 2.29. The van der Waals surface area contributed by atoms with E-state index >= 15 is 0 Å². The van der Waals surface area contributed by atoms with E-state index in [2.05, 4.69) is 0 Å². The summed E-state index contributed by atoms with van der Waals surface area (Å²) in [4.78, 5) is 25.4. The van der Waals surface area contributed by atoms with Crippen molar-refractivity contribution in [2.24, 2.45) is 0 Å². The summed E-state index contributed by atoms with van der Waals surface area (Å²) in [5, 5.41) is 0.952. The Bertz CT molecular complexity index is 581. The lowest BCUT2D eigenvalue weighted by Gasteiger charge is -2.28. The van der Waals surface area contributed by atoms with Crippen molar-refractivity contribution in [3.8, 4) is 0 Å². The van der Waals surface area contributed by atoms with Crippen molar-refractivity contribution < 1.29 is 14.3 Å². The van der Waals surface area contributed by atoms with E-state index in [-0.39, 0.29) is 5.91 Å². The third-order valence-electron chi connectivity index (χ3n) is 3.12. The molecule has 1 aliphatic rings. The maximum Gasteiger partial charge on any atom is 0.417 e. The molecule has 1 fully saturated rings. The number of hydrogen-bond donors (Lipinski definition) is 0. The van der Waals surface area contributed by atoms with Gasteiger partial charge in [-0.25, -0.2) is 9.69 Å². The Labute approximate surface area is 134 Å². The largest absolute Gasteiger partial charge is 0.443 e. The van der Waals surface area contributed by atoms with E-state index in [1.54, 1.807) is 39.0 Å². The van der Waals surface area contributed by atoms with E-state index in [1.165, 1.54) is 0 Å². The number of likely N-dealkylation sites (tertiary alicyclic amines) is 1. The van der Waals surface area contributed by atoms with Gasteiger partial charge in [-0.15, -0.1) is 0 Å². The van der Waals surface area contributed by atoms with Crippen molar-refractivity contribution in [3.63, 3.8) is 0 Å². The van der Waals surface area contributed by atoms with E-state index in [1.807, 2.05) is 0 Å². The summed E-state index contributed by atoms with van der Waals surface area (Å²) >= 11 is 12.1. The predicted octanol–water partition coefficient (Wildman–Crippen LogP) is 4.59. The van der Waals surface area contributed by atoms with E-state index in [0.717, 1.165) is 4.90 Å². The number of carbonyl (C=O) groups excluding carboxylic acids is 2. The normalized spacial score (nSPS) is 19.0. The van der Waals surface area contributed by atoms with E-state index in [4.69, 9.17) is 27.9 Å². The van der Waals surface area contributed by atoms with Crippen LogP contribution in [0.15, 0.2) is 18.2 Å². The number of nitrogens with zero attached hydrogens (tertiary/aromatic N) is 1. The van der Waals surface area contributed by atoms with Gasteiger partial charge in [-0.3, -0.25) is 4.79 Å². The lowest BCUT2D eigenvalue weighted by Crippen LogP contribution is -2.39. The SMILES string of the molecule is CC(C)(C)OC(=O)N1C(=O)CC[C@@H]1c1ccc(Cl)cc1Cl. The van der Waals surface area contributed by atoms with Crippen LogP contribution in [0.25, 0.3) is 0 Å². The molecular weight excluding hydrogens is 313 g/mol. The smallest absolute Gasteiger partial charge is 0.417 e. The van der Waals surface area contributed by atoms with Crippen LogP contribution in [0.4, 0.5) is 4.79 Å². The van der Waals surface area contributed by atoms with Gasteiger partial charge in [0.1, 0.15) is 5.60 Å². The van der Waals surface area contributed by atoms with Gasteiger partial charge in [0.25, 0.3) is 0 Å². The second-order valence-electron chi connectivity index (χ2n) is 5.96. The van der Waals surface area contributed by atoms with Crippen LogP contribution in [0.5, 0.6) is 0 Å². The van der Waals surface area contributed by atoms with E-state index < -0.39 is 17.7 Å². The van der Waals surface area contributed by atoms with Gasteiger partial charge in [0, 0.05) is 16.5 Å². The van der Waals surface area contributed by atoms with Crippen molar-refractivity contribution in [2.45, 2.75) is 45.3 Å². The molecule has 1 aromatic rings. The van der Waals surface area contributed by atoms with Gasteiger partial charge >= 0.3 is 6.09 Å². The fourth-order valence-corrected chi connectivity index (χ4v) is 2.82. The number of rotatable bonds is 1. The second-order valence-corrected chi connectivity index (χ2v) is 6.81. The average molecular weight is 330 g/mol. The minimum atomic E-state index is -0.658. The summed E-state index contributed by atoms with van der Waals surface area (Å²) in [7, 11) is 0. The molecule has 1 aliphatic heterocycles. The zero-order chi connectivity index (χ0) is 15.8. The highest BCUT2D eigenvalue weighted by atomic mass is 35.5. The van der Waals surface area contributed by atoms with Gasteiger partial charge in [-0.05, 0) is 44.9 Å². The molecule has 1 saturated heterocycles. The number of hydrogen-bond acceptors (Lipinski definition) is 3. The Hall–Kier alpha value is -1.26. The first-order chi connectivity index (χ1) is 9.69. The van der Waals surface area contributed by atoms with Crippen molar-refractivity contribution in [2.75, 3.05) is 0 Å². The molecule has 2 amide bonds. The first-order valence-corrected chi connectivity index (χ1v) is 7.44. The molecule has 0 spiro atoms. The van der Waals surface area contributed by atoms with Crippen LogP contribution >= 0.6 is 23.2 Å². The third-order valence-corrected chi connectivity index (χ3v) is 3.69. The van der Waals surface area contributed by atoms with Gasteiger partial charge in [-0.2, -0.15) is 0 Å². The average Bonchev–Trinajstić information content (AvgIpc) is 2.68. The number of halogens is 2. The van der Waals surface area contributed by atoms with Crippen LogP contribution in [-0.2, 0) is 9.53 Å². The summed E-state index contributed by atoms with van der Waals surface area (Å²) in [5.74, 6) is -0.250. The first-order valence-electron chi connectivity index (χ1n) is 6.69. The van der Waals surface area contributed by atoms with Crippen molar-refractivity contribution >= 4 is 35.2 Å². The first kappa shape index (κ1) is 16.1. The maximum atomic E-state index is 12.2. The minimum absolute atomic E-state index is 0.250. The van der Waals surface area contributed by atoms with Gasteiger partial charge in [-0.1, -0.05) is 29.3 Å². The summed E-state index contributed by atoms with van der Waals surface area (Å²) in [6.45, 7) is 5.28. The zero-order valence-corrected chi connectivity index (χ0v) is 13.7. The van der Waals surface area contributed by atoms with Crippen LogP contribution in [0.1, 0.15) is 45.2 Å². The molecule has 0 bridgehead atoms. The summed E-state index contributed by atoms with van der Waals surface area (Å²) in [6, 6.07) is 4.63. The van der Waals surface area contributed by atoms with Crippen molar-refractivity contribution in [1.82, 2.24) is 4.90 Å². The Kier molecular flexibility index (Phi) is 4.49. The Morgan fingerprint density at radius 3 is 2.57 bits per heavy atom. The summed E-state index contributed by atoms with van der Waals surface area (Å²) in [6.07, 6.45) is 0.184. The van der Waals surface area contributed by atoms with Gasteiger partial charge in [0.15, 0.2) is 0 Å². The lowest BCUT2D eigenvalue weighted by atomic mass is 10.0. The monoisotopic (exact) mass is 329 g/mol. The molecule has 0 radical (unpaired) electrons. The summed E-state index contributed by atoms with van der Waals surface area (Å²) < 4.78 is 5.30. The van der Waals surface area contributed by atoms with Crippen LogP contribution in [0.2, 0.25) is 10.0 Å². The van der Waals surface area contributed by atoms with Gasteiger partial charge in [0.05, 0.1) is 6.04 Å². The Morgan fingerprint density at radius 1 is 1.33 bits per heavy atom. The summed E-state index contributed by atoms with van der Waals surface area (Å²) in [5.41, 5.74) is 0.0478. The maximum absolute atomic E-state index is 12.2. The molecule has 1 atom stereocenters. The van der Waals surface area contributed by atoms with Crippen LogP contribution < -0.4 is 0 Å². The molecule has 21 heavy (non-hydrogen) atoms. The number of amides is 2. The molecule has 2 rings (SSSR count). The highest BCUT2D eigenvalue weighted by Crippen LogP contribution is 2.38. The third kappa shape index (κ3) is 3.69. The minimum Gasteiger partial charge on any atom is -0.443 e. The standard InChI is InChI=1S/C15H17Cl2NO3/c1-15(2,3)21-14(20)18-12(6-7-13(18)19)10-5-4-9(16)8-11(10)17/h4-5,8,12H,6-7H2,1-3H3/t12-/m1/s1. The fraction of sp³-hybridized carbons (Fsp3) is 0.467. The van der Waals surface area contributed by atoms with Crippen LogP contribution in [-0.4, -0.2) is 22.5 Å². The molecule has 0 N–H and O–H groups in total. The molecule has 114 valence electrons. The molecule has 6 heteroatoms. The second kappa shape index (κ2) is 5.85. The van der Waals surface area contributed by atoms with Crippen molar-refractivity contribution in [1.29, 1.82) is 0 Å². The van der Waals surface area contributed by atoms with Crippen LogP contribution in [0.3, 0.4) is 0 Å². The molecule has 0 aliphatic carbocycles. The van der Waals surface area contributed by atoms with Gasteiger partial charge in [0.2, 0.25) is 5.91 Å². The number of ether oxygens (including phenoxy) is 1. The Balaban J connectivity index is 2.30. The quantitative estimate of drug-likeness (QED) is 0.756. The topological polar surface area (TPSA) is 46.6 Å². The molecule has 0 unspecified atom stereocenters. The predicted molar refractivity (Wildman–Crippen MR) is 81.5 cm³/mol. The molecular formula is C15H17Cl2NO3. The van der Waals surface area contributed by atoms with E-state index in [0.29, 0.717) is 28.5 Å². The highest BCUT2D eigenvalue weighted by molar-refractivity contribution is 6.35. The number of benzene rings is 1. The molecule has 1 aromatic carbocycles. The Morgan fingerprint density at radius 2 is 2.00 bits per heavy atom. The lowest BCUT2D eigenvalue weighted by molar-refractivity contribution is -0.128. The van der Waals surface area contributed by atoms with Gasteiger partial charge < -0.3 is 4.74 Å². The number of imide groups is 1. The molecule has 1 heterocycles.